The molecule has 142 valence electrons. The summed E-state index contributed by atoms with van der Waals surface area (Å²) in [7, 11) is 3.66. The SMILES string of the molecule is COc1ccccc1CNC(=O)c1cccc(C(=O)N2CCN(C)CC2)c1. The van der Waals surface area contributed by atoms with Crippen LogP contribution in [0.2, 0.25) is 0 Å². The van der Waals surface area contributed by atoms with Crippen LogP contribution in [0.5, 0.6) is 5.75 Å². The predicted molar refractivity (Wildman–Crippen MR) is 104 cm³/mol. The molecule has 6 heteroatoms. The lowest BCUT2D eigenvalue weighted by atomic mass is 10.1. The fraction of sp³-hybridized carbons (Fsp3) is 0.333. The highest BCUT2D eigenvalue weighted by Crippen LogP contribution is 2.17. The van der Waals surface area contributed by atoms with Crippen molar-refractivity contribution in [2.24, 2.45) is 0 Å². The number of para-hydroxylation sites is 1. The molecule has 0 radical (unpaired) electrons. The molecular weight excluding hydrogens is 342 g/mol. The standard InChI is InChI=1S/C21H25N3O3/c1-23-10-12-24(13-11-23)21(26)17-8-5-7-16(14-17)20(25)22-15-18-6-3-4-9-19(18)27-2/h3-9,14H,10-13,15H2,1-2H3,(H,22,25). The zero-order valence-corrected chi connectivity index (χ0v) is 15.8. The Hall–Kier alpha value is -2.86. The molecule has 0 atom stereocenters. The molecule has 6 nitrogen and oxygen atoms in total. The van der Waals surface area contributed by atoms with E-state index in [-0.39, 0.29) is 11.8 Å². The van der Waals surface area contributed by atoms with E-state index in [1.54, 1.807) is 31.4 Å². The number of likely N-dealkylation sites (N-methyl/N-ethyl adjacent to an activating group) is 1. The first-order chi connectivity index (χ1) is 13.1. The van der Waals surface area contributed by atoms with Crippen molar-refractivity contribution in [1.29, 1.82) is 0 Å². The number of methoxy groups -OCH3 is 1. The number of amides is 2. The molecule has 2 aromatic carbocycles. The van der Waals surface area contributed by atoms with Gasteiger partial charge in [0, 0.05) is 49.4 Å². The minimum absolute atomic E-state index is 0.0255. The molecule has 1 aliphatic heterocycles. The Morgan fingerprint density at radius 1 is 1.00 bits per heavy atom. The second-order valence-electron chi connectivity index (χ2n) is 6.67. The number of hydrogen-bond donors (Lipinski definition) is 1. The molecule has 1 fully saturated rings. The largest absolute Gasteiger partial charge is 0.496 e. The molecule has 27 heavy (non-hydrogen) atoms. The van der Waals surface area contributed by atoms with Gasteiger partial charge in [0.2, 0.25) is 0 Å². The summed E-state index contributed by atoms with van der Waals surface area (Å²) in [6.45, 7) is 3.51. The van der Waals surface area contributed by atoms with Gasteiger partial charge >= 0.3 is 0 Å². The van der Waals surface area contributed by atoms with Crippen molar-refractivity contribution in [3.63, 3.8) is 0 Å². The first kappa shape index (κ1) is 18.9. The van der Waals surface area contributed by atoms with Crippen molar-refractivity contribution in [3.8, 4) is 5.75 Å². The second-order valence-corrected chi connectivity index (χ2v) is 6.67. The lowest BCUT2D eigenvalue weighted by molar-refractivity contribution is 0.0664. The number of hydrogen-bond acceptors (Lipinski definition) is 4. The molecule has 0 bridgehead atoms. The normalized spacial score (nSPS) is 14.7. The summed E-state index contributed by atoms with van der Waals surface area (Å²) in [6.07, 6.45) is 0. The van der Waals surface area contributed by atoms with Crippen molar-refractivity contribution < 1.29 is 14.3 Å². The van der Waals surface area contributed by atoms with Crippen molar-refractivity contribution in [2.75, 3.05) is 40.3 Å². The van der Waals surface area contributed by atoms with Crippen LogP contribution in [0.25, 0.3) is 0 Å². The molecule has 0 unspecified atom stereocenters. The average molecular weight is 367 g/mol. The topological polar surface area (TPSA) is 61.9 Å². The van der Waals surface area contributed by atoms with E-state index in [1.165, 1.54) is 0 Å². The number of nitrogens with one attached hydrogen (secondary N) is 1. The minimum atomic E-state index is -0.214. The average Bonchev–Trinajstić information content (AvgIpc) is 2.72. The number of rotatable bonds is 5. The monoisotopic (exact) mass is 367 g/mol. The van der Waals surface area contributed by atoms with Gasteiger partial charge in [-0.25, -0.2) is 0 Å². The van der Waals surface area contributed by atoms with Crippen LogP contribution in [0.1, 0.15) is 26.3 Å². The van der Waals surface area contributed by atoms with Gasteiger partial charge in [0.15, 0.2) is 0 Å². The summed E-state index contributed by atoms with van der Waals surface area (Å²) in [6, 6.07) is 14.5. The number of piperazine rings is 1. The fourth-order valence-electron chi connectivity index (χ4n) is 3.11. The highest BCUT2D eigenvalue weighted by molar-refractivity contribution is 5.99. The molecule has 1 heterocycles. The third-order valence-corrected chi connectivity index (χ3v) is 4.79. The van der Waals surface area contributed by atoms with Gasteiger partial charge in [-0.3, -0.25) is 9.59 Å². The molecule has 0 aliphatic carbocycles. The maximum Gasteiger partial charge on any atom is 0.253 e. The summed E-state index contributed by atoms with van der Waals surface area (Å²) >= 11 is 0. The smallest absolute Gasteiger partial charge is 0.253 e. The van der Waals surface area contributed by atoms with Gasteiger partial charge in [0.1, 0.15) is 5.75 Å². The van der Waals surface area contributed by atoms with Gasteiger partial charge in [-0.2, -0.15) is 0 Å². The first-order valence-corrected chi connectivity index (χ1v) is 9.06. The number of carbonyl (C=O) groups excluding carboxylic acids is 2. The van der Waals surface area contributed by atoms with Crippen molar-refractivity contribution in [3.05, 3.63) is 65.2 Å². The molecule has 0 saturated carbocycles. The second kappa shape index (κ2) is 8.68. The minimum Gasteiger partial charge on any atom is -0.496 e. The van der Waals surface area contributed by atoms with Crippen molar-refractivity contribution in [2.45, 2.75) is 6.54 Å². The lowest BCUT2D eigenvalue weighted by Crippen LogP contribution is -2.47. The van der Waals surface area contributed by atoms with Crippen LogP contribution in [-0.2, 0) is 6.54 Å². The van der Waals surface area contributed by atoms with Gasteiger partial charge in [-0.05, 0) is 31.3 Å². The van der Waals surface area contributed by atoms with Crippen LogP contribution in [0.4, 0.5) is 0 Å². The van der Waals surface area contributed by atoms with Crippen LogP contribution in [-0.4, -0.2) is 62.0 Å². The number of benzene rings is 2. The lowest BCUT2D eigenvalue weighted by Gasteiger charge is -2.32. The van der Waals surface area contributed by atoms with Gasteiger partial charge in [0.25, 0.3) is 11.8 Å². The summed E-state index contributed by atoms with van der Waals surface area (Å²) in [5, 5.41) is 2.89. The summed E-state index contributed by atoms with van der Waals surface area (Å²) in [4.78, 5) is 29.3. The Balaban J connectivity index is 1.66. The van der Waals surface area contributed by atoms with Crippen LogP contribution < -0.4 is 10.1 Å². The third-order valence-electron chi connectivity index (χ3n) is 4.79. The molecule has 2 amide bonds. The van der Waals surface area contributed by atoms with Crippen LogP contribution >= 0.6 is 0 Å². The zero-order valence-electron chi connectivity index (χ0n) is 15.8. The Labute approximate surface area is 159 Å². The van der Waals surface area contributed by atoms with Crippen molar-refractivity contribution in [1.82, 2.24) is 15.1 Å². The number of nitrogens with zero attached hydrogens (tertiary/aromatic N) is 2. The van der Waals surface area contributed by atoms with Gasteiger partial charge in [0.05, 0.1) is 7.11 Å². The summed E-state index contributed by atoms with van der Waals surface area (Å²) in [5.41, 5.74) is 1.92. The summed E-state index contributed by atoms with van der Waals surface area (Å²) in [5.74, 6) is 0.494. The summed E-state index contributed by atoms with van der Waals surface area (Å²) < 4.78 is 5.30. The highest BCUT2D eigenvalue weighted by Gasteiger charge is 2.21. The molecule has 2 aromatic rings. The molecule has 1 saturated heterocycles. The number of carbonyl (C=O) groups is 2. The predicted octanol–water partition coefficient (Wildman–Crippen LogP) is 2.01. The molecule has 1 aliphatic rings. The van der Waals surface area contributed by atoms with E-state index < -0.39 is 0 Å². The van der Waals surface area contributed by atoms with Gasteiger partial charge < -0.3 is 19.9 Å². The van der Waals surface area contributed by atoms with Gasteiger partial charge in [-0.15, -0.1) is 0 Å². The van der Waals surface area contributed by atoms with Crippen LogP contribution in [0, 0.1) is 0 Å². The van der Waals surface area contributed by atoms with E-state index in [4.69, 9.17) is 4.74 Å². The Morgan fingerprint density at radius 3 is 2.44 bits per heavy atom. The molecule has 0 aromatic heterocycles. The van der Waals surface area contributed by atoms with E-state index in [0.717, 1.165) is 24.4 Å². The van der Waals surface area contributed by atoms with E-state index in [1.807, 2.05) is 29.2 Å². The Kier molecular flexibility index (Phi) is 6.08. The molecule has 1 N–H and O–H groups in total. The third kappa shape index (κ3) is 4.65. The van der Waals surface area contributed by atoms with E-state index in [0.29, 0.717) is 30.8 Å². The Bertz CT molecular complexity index is 814. The highest BCUT2D eigenvalue weighted by atomic mass is 16.5. The zero-order chi connectivity index (χ0) is 19.2. The number of ether oxygens (including phenoxy) is 1. The molecule has 0 spiro atoms. The van der Waals surface area contributed by atoms with E-state index in [9.17, 15) is 9.59 Å². The maximum atomic E-state index is 12.7. The quantitative estimate of drug-likeness (QED) is 0.878. The van der Waals surface area contributed by atoms with Crippen LogP contribution in [0.15, 0.2) is 48.5 Å². The van der Waals surface area contributed by atoms with Crippen molar-refractivity contribution >= 4 is 11.8 Å². The Morgan fingerprint density at radius 2 is 1.70 bits per heavy atom. The molecule has 3 rings (SSSR count). The molecular formula is C21H25N3O3. The fourth-order valence-corrected chi connectivity index (χ4v) is 3.11. The maximum absolute atomic E-state index is 12.7. The van der Waals surface area contributed by atoms with E-state index >= 15 is 0 Å². The van der Waals surface area contributed by atoms with Crippen LogP contribution in [0.3, 0.4) is 0 Å². The first-order valence-electron chi connectivity index (χ1n) is 9.06. The van der Waals surface area contributed by atoms with Gasteiger partial charge in [-0.1, -0.05) is 24.3 Å². The van der Waals surface area contributed by atoms with E-state index in [2.05, 4.69) is 17.3 Å².